The number of carbonyl (C=O) groups is 5. The fourth-order valence-corrected chi connectivity index (χ4v) is 4.30. The lowest BCUT2D eigenvalue weighted by molar-refractivity contribution is -0.147. The number of ketones is 1. The number of esters is 1. The number of nitriles is 1. The topological polar surface area (TPSA) is 158 Å². The smallest absolute Gasteiger partial charge is 0.338 e. The van der Waals surface area contributed by atoms with Crippen molar-refractivity contribution in [1.82, 2.24) is 21.1 Å². The van der Waals surface area contributed by atoms with E-state index in [9.17, 15) is 24.0 Å². The number of carbonyl (C=O) groups excluding carboxylic acids is 5. The van der Waals surface area contributed by atoms with Gasteiger partial charge in [-0.25, -0.2) is 10.2 Å². The Morgan fingerprint density at radius 2 is 1.88 bits per heavy atom. The summed E-state index contributed by atoms with van der Waals surface area (Å²) in [5.41, 5.74) is 3.85. The molecule has 1 saturated heterocycles. The van der Waals surface area contributed by atoms with Gasteiger partial charge in [-0.1, -0.05) is 39.8 Å². The number of hydrogen-bond acceptors (Lipinski definition) is 8. The van der Waals surface area contributed by atoms with Crippen molar-refractivity contribution in [2.75, 3.05) is 19.7 Å². The second-order valence-corrected chi connectivity index (χ2v) is 10.8. The minimum Gasteiger partial charge on any atom is -0.454 e. The van der Waals surface area contributed by atoms with Crippen LogP contribution >= 0.6 is 0 Å². The minimum absolute atomic E-state index is 0.0252. The van der Waals surface area contributed by atoms with Crippen molar-refractivity contribution >= 4 is 29.5 Å². The Bertz CT molecular complexity index is 1110. The quantitative estimate of drug-likeness (QED) is 0.313. The Morgan fingerprint density at radius 1 is 1.15 bits per heavy atom. The standard InChI is InChI=1S/C29H41N5O6/c1-18(2)14-25(36)31-13-11-26(37)34-23(10-7-12-32-34)28(38)33-27(19(3)4)24(35)17-40-29(39)22-9-6-8-21(15-22)20(5)16-30/h6,8-9,15,18-20,23,27,32H,7,10-14,17H2,1-5H3,(H,31,36)(H,33,38). The molecule has 0 radical (unpaired) electrons. The highest BCUT2D eigenvalue weighted by Crippen LogP contribution is 2.17. The van der Waals surface area contributed by atoms with Crippen molar-refractivity contribution in [3.05, 3.63) is 35.4 Å². The monoisotopic (exact) mass is 555 g/mol. The van der Waals surface area contributed by atoms with E-state index in [1.807, 2.05) is 13.8 Å². The summed E-state index contributed by atoms with van der Waals surface area (Å²) in [6.45, 7) is 9.25. The molecule has 3 unspecified atom stereocenters. The first-order chi connectivity index (χ1) is 18.9. The van der Waals surface area contributed by atoms with Gasteiger partial charge < -0.3 is 15.4 Å². The van der Waals surface area contributed by atoms with E-state index in [-0.39, 0.29) is 42.2 Å². The molecule has 218 valence electrons. The molecular weight excluding hydrogens is 514 g/mol. The molecule has 0 aromatic heterocycles. The summed E-state index contributed by atoms with van der Waals surface area (Å²) in [6.07, 6.45) is 1.47. The van der Waals surface area contributed by atoms with Crippen LogP contribution in [0.15, 0.2) is 24.3 Å². The lowest BCUT2D eigenvalue weighted by atomic mass is 9.98. The van der Waals surface area contributed by atoms with Crippen LogP contribution in [0.5, 0.6) is 0 Å². The molecule has 0 spiro atoms. The number of ether oxygens (including phenoxy) is 1. The van der Waals surface area contributed by atoms with Gasteiger partial charge in [0.2, 0.25) is 17.7 Å². The van der Waals surface area contributed by atoms with Gasteiger partial charge in [-0.05, 0) is 49.3 Å². The van der Waals surface area contributed by atoms with E-state index in [0.717, 1.165) is 0 Å². The van der Waals surface area contributed by atoms with Gasteiger partial charge in [0.25, 0.3) is 0 Å². The predicted octanol–water partition coefficient (Wildman–Crippen LogP) is 2.23. The molecule has 1 fully saturated rings. The van der Waals surface area contributed by atoms with Crippen LogP contribution < -0.4 is 16.1 Å². The van der Waals surface area contributed by atoms with E-state index < -0.39 is 42.3 Å². The third-order valence-electron chi connectivity index (χ3n) is 6.55. The summed E-state index contributed by atoms with van der Waals surface area (Å²) < 4.78 is 5.23. The normalized spacial score (nSPS) is 16.6. The van der Waals surface area contributed by atoms with Crippen LogP contribution in [-0.4, -0.2) is 66.3 Å². The molecule has 3 N–H and O–H groups in total. The van der Waals surface area contributed by atoms with Gasteiger partial charge in [0.05, 0.1) is 23.6 Å². The van der Waals surface area contributed by atoms with Gasteiger partial charge >= 0.3 is 5.97 Å². The Kier molecular flexibility index (Phi) is 12.7. The summed E-state index contributed by atoms with van der Waals surface area (Å²) in [7, 11) is 0. The highest BCUT2D eigenvalue weighted by atomic mass is 16.5. The van der Waals surface area contributed by atoms with Crippen molar-refractivity contribution in [3.8, 4) is 6.07 Å². The zero-order valence-corrected chi connectivity index (χ0v) is 24.0. The predicted molar refractivity (Wildman–Crippen MR) is 147 cm³/mol. The molecular formula is C29H41N5O6. The van der Waals surface area contributed by atoms with Crippen molar-refractivity contribution in [2.24, 2.45) is 11.8 Å². The van der Waals surface area contributed by atoms with Gasteiger partial charge in [0.15, 0.2) is 12.4 Å². The average molecular weight is 556 g/mol. The molecule has 0 saturated carbocycles. The molecule has 3 amide bonds. The molecule has 1 aromatic carbocycles. The average Bonchev–Trinajstić information content (AvgIpc) is 2.93. The van der Waals surface area contributed by atoms with Crippen LogP contribution in [-0.2, 0) is 23.9 Å². The van der Waals surface area contributed by atoms with Crippen molar-refractivity contribution in [2.45, 2.75) is 78.3 Å². The fraction of sp³-hybridized carbons (Fsp3) is 0.586. The fourth-order valence-electron chi connectivity index (χ4n) is 4.30. The maximum atomic E-state index is 13.2. The zero-order chi connectivity index (χ0) is 29.8. The third kappa shape index (κ3) is 9.75. The SMILES string of the molecule is CC(C)CC(=O)NCCC(=O)N1NCCCC1C(=O)NC(C(=O)COC(=O)c1cccc(C(C)C#N)c1)C(C)C. The first-order valence-corrected chi connectivity index (χ1v) is 13.8. The van der Waals surface area contributed by atoms with Gasteiger partial charge in [-0.15, -0.1) is 0 Å². The van der Waals surface area contributed by atoms with E-state index in [1.165, 1.54) is 5.01 Å². The first-order valence-electron chi connectivity index (χ1n) is 13.8. The molecule has 1 aliphatic heterocycles. The van der Waals surface area contributed by atoms with Crippen LogP contribution in [0.25, 0.3) is 0 Å². The summed E-state index contributed by atoms with van der Waals surface area (Å²) >= 11 is 0. The molecule has 1 heterocycles. The van der Waals surface area contributed by atoms with Crippen LogP contribution in [0.3, 0.4) is 0 Å². The number of nitrogens with one attached hydrogen (secondary N) is 3. The zero-order valence-electron chi connectivity index (χ0n) is 24.0. The molecule has 11 nitrogen and oxygen atoms in total. The summed E-state index contributed by atoms with van der Waals surface area (Å²) in [5, 5.41) is 15.9. The van der Waals surface area contributed by atoms with E-state index in [0.29, 0.717) is 31.4 Å². The molecule has 0 aliphatic carbocycles. The Morgan fingerprint density at radius 3 is 2.52 bits per heavy atom. The van der Waals surface area contributed by atoms with Crippen LogP contribution in [0.1, 0.15) is 82.1 Å². The van der Waals surface area contributed by atoms with E-state index >= 15 is 0 Å². The molecule has 1 aliphatic rings. The first kappa shape index (κ1) is 32.4. The number of nitrogens with zero attached hydrogens (tertiary/aromatic N) is 2. The number of Topliss-reactive ketones (excluding diaryl/α,β-unsaturated/α-hetero) is 1. The number of amides is 3. The van der Waals surface area contributed by atoms with Crippen molar-refractivity contribution in [1.29, 1.82) is 5.26 Å². The van der Waals surface area contributed by atoms with Gasteiger partial charge in [0, 0.05) is 25.9 Å². The number of rotatable bonds is 13. The second kappa shape index (κ2) is 15.7. The van der Waals surface area contributed by atoms with E-state index in [2.05, 4.69) is 22.1 Å². The van der Waals surface area contributed by atoms with Crippen LogP contribution in [0, 0.1) is 23.2 Å². The Labute approximate surface area is 236 Å². The molecule has 2 rings (SSSR count). The van der Waals surface area contributed by atoms with Crippen molar-refractivity contribution in [3.63, 3.8) is 0 Å². The van der Waals surface area contributed by atoms with Crippen LogP contribution in [0.4, 0.5) is 0 Å². The van der Waals surface area contributed by atoms with Crippen molar-refractivity contribution < 1.29 is 28.7 Å². The lowest BCUT2D eigenvalue weighted by Gasteiger charge is -2.36. The number of hydrogen-bond donors (Lipinski definition) is 3. The lowest BCUT2D eigenvalue weighted by Crippen LogP contribution is -2.61. The largest absolute Gasteiger partial charge is 0.454 e. The highest BCUT2D eigenvalue weighted by Gasteiger charge is 2.35. The summed E-state index contributed by atoms with van der Waals surface area (Å²) in [4.78, 5) is 63.5. The molecule has 1 aromatic rings. The minimum atomic E-state index is -0.931. The van der Waals surface area contributed by atoms with Gasteiger partial charge in [0.1, 0.15) is 6.04 Å². The summed E-state index contributed by atoms with van der Waals surface area (Å²) in [6, 6.07) is 6.82. The second-order valence-electron chi connectivity index (χ2n) is 10.8. The Hall–Kier alpha value is -3.78. The highest BCUT2D eigenvalue weighted by molar-refractivity contribution is 5.96. The van der Waals surface area contributed by atoms with E-state index in [4.69, 9.17) is 10.00 Å². The van der Waals surface area contributed by atoms with Gasteiger partial charge in [-0.2, -0.15) is 5.26 Å². The maximum absolute atomic E-state index is 13.2. The van der Waals surface area contributed by atoms with Gasteiger partial charge in [-0.3, -0.25) is 24.2 Å². The molecule has 40 heavy (non-hydrogen) atoms. The molecule has 11 heteroatoms. The summed E-state index contributed by atoms with van der Waals surface area (Å²) in [5.74, 6) is -2.63. The van der Waals surface area contributed by atoms with E-state index in [1.54, 1.807) is 45.0 Å². The molecule has 0 bridgehead atoms. The number of benzene rings is 1. The third-order valence-corrected chi connectivity index (χ3v) is 6.55. The molecule has 3 atom stereocenters. The number of hydrazine groups is 1. The maximum Gasteiger partial charge on any atom is 0.338 e. The van der Waals surface area contributed by atoms with Crippen LogP contribution in [0.2, 0.25) is 0 Å². The Balaban J connectivity index is 1.97.